The number of pyridine rings is 1. The Morgan fingerprint density at radius 3 is 2.79 bits per heavy atom. The normalized spacial score (nSPS) is 11.1. The summed E-state index contributed by atoms with van der Waals surface area (Å²) in [6, 6.07) is 15.7. The summed E-state index contributed by atoms with van der Waals surface area (Å²) in [7, 11) is 0. The number of aromatic nitrogens is 1. The molecule has 3 rings (SSSR count). The van der Waals surface area contributed by atoms with Crippen LogP contribution in [0, 0.1) is 0 Å². The molecule has 150 valence electrons. The van der Waals surface area contributed by atoms with E-state index in [1.165, 1.54) is 0 Å². The van der Waals surface area contributed by atoms with E-state index in [1.54, 1.807) is 13.0 Å². The number of ether oxygens (including phenoxy) is 2. The lowest BCUT2D eigenvalue weighted by atomic mass is 10.1. The molecule has 0 radical (unpaired) electrons. The van der Waals surface area contributed by atoms with Gasteiger partial charge in [-0.25, -0.2) is 4.98 Å². The van der Waals surface area contributed by atoms with Crippen LogP contribution in [0.25, 0.3) is 23.1 Å². The maximum Gasteiger partial charge on any atom is 0.305 e. The Labute approximate surface area is 183 Å². The van der Waals surface area contributed by atoms with Gasteiger partial charge in [0.15, 0.2) is 0 Å². The van der Waals surface area contributed by atoms with Crippen LogP contribution in [0.5, 0.6) is 5.75 Å². The van der Waals surface area contributed by atoms with Crippen LogP contribution in [-0.2, 0) is 9.53 Å². The van der Waals surface area contributed by atoms with Crippen molar-refractivity contribution in [2.24, 2.45) is 0 Å². The number of hydrogen-bond donors (Lipinski definition) is 0. The molecule has 0 spiro atoms. The average molecular weight is 475 g/mol. The molecule has 6 heteroatoms. The second-order valence-corrected chi connectivity index (χ2v) is 7.68. The van der Waals surface area contributed by atoms with Crippen molar-refractivity contribution in [1.82, 2.24) is 4.98 Å². The topological polar surface area (TPSA) is 48.4 Å². The monoisotopic (exact) mass is 473 g/mol. The lowest BCUT2D eigenvalue weighted by Gasteiger charge is -2.09. The Kier molecular flexibility index (Phi) is 7.67. The number of nitrogens with zero attached hydrogens (tertiary/aromatic N) is 1. The molecule has 0 amide bonds. The highest BCUT2D eigenvalue weighted by Crippen LogP contribution is 2.27. The van der Waals surface area contributed by atoms with Crippen LogP contribution in [0.15, 0.2) is 53.0 Å². The highest BCUT2D eigenvalue weighted by Gasteiger charge is 2.05. The number of carbonyl (C=O) groups excluding carboxylic acids is 1. The summed E-state index contributed by atoms with van der Waals surface area (Å²) >= 11 is 9.71. The van der Waals surface area contributed by atoms with E-state index in [1.807, 2.05) is 54.6 Å². The van der Waals surface area contributed by atoms with Crippen LogP contribution >= 0.6 is 27.5 Å². The number of esters is 1. The van der Waals surface area contributed by atoms with Gasteiger partial charge in [0.2, 0.25) is 0 Å². The number of halogens is 2. The number of hydrogen-bond acceptors (Lipinski definition) is 4. The molecule has 1 heterocycles. The maximum atomic E-state index is 11.4. The molecule has 0 atom stereocenters. The van der Waals surface area contributed by atoms with Crippen LogP contribution in [0.1, 0.15) is 31.0 Å². The Morgan fingerprint density at radius 2 is 1.97 bits per heavy atom. The van der Waals surface area contributed by atoms with Crippen molar-refractivity contribution in [3.8, 4) is 5.75 Å². The van der Waals surface area contributed by atoms with Gasteiger partial charge in [0, 0.05) is 16.3 Å². The van der Waals surface area contributed by atoms with Crippen molar-refractivity contribution in [3.05, 3.63) is 69.3 Å². The predicted molar refractivity (Wildman–Crippen MR) is 121 cm³/mol. The minimum absolute atomic E-state index is 0.214. The van der Waals surface area contributed by atoms with Crippen LogP contribution in [0.3, 0.4) is 0 Å². The molecular weight excluding hydrogens is 454 g/mol. The summed E-state index contributed by atoms with van der Waals surface area (Å²) in [6.45, 7) is 2.58. The van der Waals surface area contributed by atoms with E-state index >= 15 is 0 Å². The zero-order valence-corrected chi connectivity index (χ0v) is 18.4. The van der Waals surface area contributed by atoms with Gasteiger partial charge in [-0.2, -0.15) is 0 Å². The standard InChI is InChI=1S/C23H21BrClNO3/c1-2-28-23(27)4-3-13-29-22-14-16(6-12-20(22)25)5-10-19-11-8-17-7-9-18(24)15-21(17)26-19/h5-12,14-15H,2-4,13H2,1H3/b10-5+. The van der Waals surface area contributed by atoms with E-state index in [0.29, 0.717) is 36.8 Å². The molecule has 2 aromatic carbocycles. The van der Waals surface area contributed by atoms with E-state index in [-0.39, 0.29) is 5.97 Å². The smallest absolute Gasteiger partial charge is 0.305 e. The second-order valence-electron chi connectivity index (χ2n) is 6.35. The number of benzene rings is 2. The predicted octanol–water partition coefficient (Wildman–Crippen LogP) is 6.54. The first-order valence-electron chi connectivity index (χ1n) is 9.37. The van der Waals surface area contributed by atoms with Gasteiger partial charge in [-0.05, 0) is 55.3 Å². The maximum absolute atomic E-state index is 11.4. The van der Waals surface area contributed by atoms with E-state index in [2.05, 4.69) is 20.9 Å². The summed E-state index contributed by atoms with van der Waals surface area (Å²) < 4.78 is 11.6. The van der Waals surface area contributed by atoms with Crippen LogP contribution < -0.4 is 4.74 Å². The van der Waals surface area contributed by atoms with Crippen molar-refractivity contribution in [1.29, 1.82) is 0 Å². The lowest BCUT2D eigenvalue weighted by Crippen LogP contribution is -2.06. The van der Waals surface area contributed by atoms with Crippen molar-refractivity contribution in [2.75, 3.05) is 13.2 Å². The first kappa shape index (κ1) is 21.3. The number of rotatable bonds is 8. The average Bonchev–Trinajstić information content (AvgIpc) is 2.71. The third kappa shape index (κ3) is 6.31. The number of fused-ring (bicyclic) bond motifs is 1. The van der Waals surface area contributed by atoms with Crippen molar-refractivity contribution in [3.63, 3.8) is 0 Å². The Hall–Kier alpha value is -2.37. The Morgan fingerprint density at radius 1 is 1.14 bits per heavy atom. The SMILES string of the molecule is CCOC(=O)CCCOc1cc(/C=C/c2ccc3ccc(Br)cc3n2)ccc1Cl. The molecule has 0 aliphatic heterocycles. The lowest BCUT2D eigenvalue weighted by molar-refractivity contribution is -0.143. The first-order chi connectivity index (χ1) is 14.0. The highest BCUT2D eigenvalue weighted by atomic mass is 79.9. The van der Waals surface area contributed by atoms with Gasteiger partial charge in [0.05, 0.1) is 29.4 Å². The van der Waals surface area contributed by atoms with Gasteiger partial charge in [-0.3, -0.25) is 4.79 Å². The molecule has 0 fully saturated rings. The van der Waals surface area contributed by atoms with E-state index < -0.39 is 0 Å². The molecule has 0 N–H and O–H groups in total. The molecule has 4 nitrogen and oxygen atoms in total. The quantitative estimate of drug-likeness (QED) is 0.275. The Bertz CT molecular complexity index is 1040. The van der Waals surface area contributed by atoms with Crippen molar-refractivity contribution >= 4 is 56.6 Å². The molecule has 0 saturated heterocycles. The minimum atomic E-state index is -0.214. The first-order valence-corrected chi connectivity index (χ1v) is 10.5. The molecule has 0 saturated carbocycles. The van der Waals surface area contributed by atoms with Crippen LogP contribution in [0.4, 0.5) is 0 Å². The van der Waals surface area contributed by atoms with E-state index in [4.69, 9.17) is 21.1 Å². The van der Waals surface area contributed by atoms with Gasteiger partial charge in [0.1, 0.15) is 5.75 Å². The summed E-state index contributed by atoms with van der Waals surface area (Å²) in [6.07, 6.45) is 4.82. The molecule has 0 aliphatic carbocycles. The third-order valence-corrected chi connectivity index (χ3v) is 4.97. The molecule has 29 heavy (non-hydrogen) atoms. The summed E-state index contributed by atoms with van der Waals surface area (Å²) in [5.74, 6) is 0.377. The van der Waals surface area contributed by atoms with Crippen LogP contribution in [0.2, 0.25) is 5.02 Å². The molecule has 1 aromatic heterocycles. The van der Waals surface area contributed by atoms with Crippen molar-refractivity contribution in [2.45, 2.75) is 19.8 Å². The Balaban J connectivity index is 1.65. The van der Waals surface area contributed by atoms with E-state index in [0.717, 1.165) is 26.6 Å². The fourth-order valence-electron chi connectivity index (χ4n) is 2.75. The molecule has 0 aliphatic rings. The highest BCUT2D eigenvalue weighted by molar-refractivity contribution is 9.10. The van der Waals surface area contributed by atoms with E-state index in [9.17, 15) is 4.79 Å². The number of carbonyl (C=O) groups is 1. The summed E-state index contributed by atoms with van der Waals surface area (Å²) in [5.41, 5.74) is 2.75. The molecule has 0 bridgehead atoms. The third-order valence-electron chi connectivity index (χ3n) is 4.17. The zero-order valence-electron chi connectivity index (χ0n) is 16.0. The molecular formula is C23H21BrClNO3. The van der Waals surface area contributed by atoms with Crippen molar-refractivity contribution < 1.29 is 14.3 Å². The van der Waals surface area contributed by atoms with Gasteiger partial charge < -0.3 is 9.47 Å². The molecule has 0 unspecified atom stereocenters. The second kappa shape index (κ2) is 10.4. The summed E-state index contributed by atoms with van der Waals surface area (Å²) in [4.78, 5) is 16.0. The van der Waals surface area contributed by atoms with Gasteiger partial charge in [-0.15, -0.1) is 0 Å². The fourth-order valence-corrected chi connectivity index (χ4v) is 3.27. The minimum Gasteiger partial charge on any atom is -0.492 e. The zero-order chi connectivity index (χ0) is 20.6. The van der Waals surface area contributed by atoms with Gasteiger partial charge in [0.25, 0.3) is 0 Å². The fraction of sp³-hybridized carbons (Fsp3) is 0.217. The van der Waals surface area contributed by atoms with Gasteiger partial charge >= 0.3 is 5.97 Å². The van der Waals surface area contributed by atoms with Crippen LogP contribution in [-0.4, -0.2) is 24.2 Å². The molecule has 3 aromatic rings. The summed E-state index contributed by atoms with van der Waals surface area (Å²) in [5, 5.41) is 1.63. The largest absolute Gasteiger partial charge is 0.492 e. The van der Waals surface area contributed by atoms with Gasteiger partial charge in [-0.1, -0.05) is 51.8 Å².